The summed E-state index contributed by atoms with van der Waals surface area (Å²) in [5.41, 5.74) is 1.54. The molecule has 6 nitrogen and oxygen atoms in total. The molecule has 1 saturated heterocycles. The highest BCUT2D eigenvalue weighted by atomic mass is 16.6. The van der Waals surface area contributed by atoms with Gasteiger partial charge in [0.1, 0.15) is 11.4 Å². The maximum atomic E-state index is 13.0. The fourth-order valence-electron chi connectivity index (χ4n) is 3.25. The van der Waals surface area contributed by atoms with Gasteiger partial charge in [0.25, 0.3) is 0 Å². The van der Waals surface area contributed by atoms with Crippen molar-refractivity contribution in [1.29, 1.82) is 0 Å². The van der Waals surface area contributed by atoms with E-state index in [0.29, 0.717) is 25.3 Å². The van der Waals surface area contributed by atoms with Crippen molar-refractivity contribution < 1.29 is 14.3 Å². The standard InChI is InChI=1S/C22H27N3O3/c1-22(2,3)28-21(27)25-13-11-18(15-25)20(26)24(4)19-14-17(10-12-23-19)16-8-6-5-7-9-16/h5-10,12,14,18H,11,13,15H2,1-4H3/t18-/m0/s1. The minimum atomic E-state index is -0.544. The quantitative estimate of drug-likeness (QED) is 0.807. The molecule has 1 atom stereocenters. The molecule has 0 unspecified atom stereocenters. The van der Waals surface area contributed by atoms with E-state index in [2.05, 4.69) is 4.98 Å². The second-order valence-electron chi connectivity index (χ2n) is 8.08. The van der Waals surface area contributed by atoms with Crippen LogP contribution in [0.1, 0.15) is 27.2 Å². The predicted octanol–water partition coefficient (Wildman–Crippen LogP) is 3.97. The monoisotopic (exact) mass is 381 g/mol. The van der Waals surface area contributed by atoms with Gasteiger partial charge in [0.05, 0.1) is 5.92 Å². The minimum Gasteiger partial charge on any atom is -0.444 e. The highest BCUT2D eigenvalue weighted by Gasteiger charge is 2.35. The van der Waals surface area contributed by atoms with Gasteiger partial charge < -0.3 is 9.64 Å². The highest BCUT2D eigenvalue weighted by molar-refractivity contribution is 5.94. The summed E-state index contributed by atoms with van der Waals surface area (Å²) in [6.45, 7) is 6.40. The first-order valence-electron chi connectivity index (χ1n) is 9.51. The van der Waals surface area contributed by atoms with Crippen LogP contribution in [0.15, 0.2) is 48.7 Å². The van der Waals surface area contributed by atoms with Crippen LogP contribution in [-0.2, 0) is 9.53 Å². The third-order valence-electron chi connectivity index (χ3n) is 4.72. The maximum Gasteiger partial charge on any atom is 0.410 e. The van der Waals surface area contributed by atoms with Gasteiger partial charge in [0.2, 0.25) is 5.91 Å². The molecule has 0 radical (unpaired) electrons. The van der Waals surface area contributed by atoms with Gasteiger partial charge in [-0.2, -0.15) is 0 Å². The third-order valence-corrected chi connectivity index (χ3v) is 4.72. The number of hydrogen-bond donors (Lipinski definition) is 0. The molecule has 3 rings (SSSR count). The van der Waals surface area contributed by atoms with Crippen LogP contribution >= 0.6 is 0 Å². The number of ether oxygens (including phenoxy) is 1. The smallest absolute Gasteiger partial charge is 0.410 e. The zero-order chi connectivity index (χ0) is 20.3. The Labute approximate surface area is 166 Å². The molecule has 28 heavy (non-hydrogen) atoms. The number of rotatable bonds is 3. The van der Waals surface area contributed by atoms with Crippen LogP contribution in [-0.4, -0.2) is 47.6 Å². The molecule has 148 valence electrons. The van der Waals surface area contributed by atoms with Crippen molar-refractivity contribution in [3.8, 4) is 11.1 Å². The summed E-state index contributed by atoms with van der Waals surface area (Å²) in [4.78, 5) is 32.7. The van der Waals surface area contributed by atoms with Crippen LogP contribution in [0.4, 0.5) is 10.6 Å². The average molecular weight is 381 g/mol. The number of nitrogens with zero attached hydrogens (tertiary/aromatic N) is 3. The van der Waals surface area contributed by atoms with Crippen LogP contribution in [0.3, 0.4) is 0 Å². The van der Waals surface area contributed by atoms with Gasteiger partial charge in [-0.3, -0.25) is 9.69 Å². The fraction of sp³-hybridized carbons (Fsp3) is 0.409. The van der Waals surface area contributed by atoms with E-state index in [1.165, 1.54) is 0 Å². The Bertz CT molecular complexity index is 846. The van der Waals surface area contributed by atoms with E-state index in [1.807, 2.05) is 63.2 Å². The summed E-state index contributed by atoms with van der Waals surface area (Å²) >= 11 is 0. The summed E-state index contributed by atoms with van der Waals surface area (Å²) in [6, 6.07) is 13.8. The number of pyridine rings is 1. The van der Waals surface area contributed by atoms with Gasteiger partial charge in [-0.1, -0.05) is 30.3 Å². The lowest BCUT2D eigenvalue weighted by Crippen LogP contribution is -2.38. The number of carbonyl (C=O) groups excluding carboxylic acids is 2. The Hall–Kier alpha value is -2.89. The number of hydrogen-bond acceptors (Lipinski definition) is 4. The first kappa shape index (κ1) is 19.9. The summed E-state index contributed by atoms with van der Waals surface area (Å²) < 4.78 is 5.41. The number of amides is 2. The molecule has 0 saturated carbocycles. The molecule has 0 bridgehead atoms. The number of benzene rings is 1. The summed E-state index contributed by atoms with van der Waals surface area (Å²) in [5, 5.41) is 0. The normalized spacial score (nSPS) is 16.7. The summed E-state index contributed by atoms with van der Waals surface area (Å²) in [7, 11) is 1.73. The topological polar surface area (TPSA) is 62.7 Å². The van der Waals surface area contributed by atoms with Gasteiger partial charge in [-0.15, -0.1) is 0 Å². The zero-order valence-electron chi connectivity index (χ0n) is 16.9. The largest absolute Gasteiger partial charge is 0.444 e. The fourth-order valence-corrected chi connectivity index (χ4v) is 3.25. The lowest BCUT2D eigenvalue weighted by Gasteiger charge is -2.25. The first-order chi connectivity index (χ1) is 13.2. The third kappa shape index (κ3) is 4.68. The molecule has 1 aromatic heterocycles. The van der Waals surface area contributed by atoms with Crippen molar-refractivity contribution in [2.24, 2.45) is 5.92 Å². The van der Waals surface area contributed by atoms with Gasteiger partial charge in [-0.05, 0) is 50.5 Å². The second kappa shape index (κ2) is 8.00. The van der Waals surface area contributed by atoms with Crippen molar-refractivity contribution in [2.45, 2.75) is 32.8 Å². The van der Waals surface area contributed by atoms with Crippen LogP contribution in [0.5, 0.6) is 0 Å². The van der Waals surface area contributed by atoms with Gasteiger partial charge >= 0.3 is 6.09 Å². The van der Waals surface area contributed by atoms with Crippen molar-refractivity contribution in [2.75, 3.05) is 25.0 Å². The van der Waals surface area contributed by atoms with E-state index in [4.69, 9.17) is 4.74 Å². The molecule has 0 aliphatic carbocycles. The van der Waals surface area contributed by atoms with Crippen molar-refractivity contribution in [1.82, 2.24) is 9.88 Å². The zero-order valence-corrected chi connectivity index (χ0v) is 16.9. The molecule has 6 heteroatoms. The summed E-state index contributed by atoms with van der Waals surface area (Å²) in [5.74, 6) is 0.311. The van der Waals surface area contributed by atoms with Crippen LogP contribution < -0.4 is 4.90 Å². The Morgan fingerprint density at radius 3 is 2.54 bits per heavy atom. The Morgan fingerprint density at radius 2 is 1.86 bits per heavy atom. The molecule has 2 aromatic rings. The average Bonchev–Trinajstić information content (AvgIpc) is 3.17. The van der Waals surface area contributed by atoms with E-state index in [0.717, 1.165) is 11.1 Å². The molecule has 0 spiro atoms. The van der Waals surface area contributed by atoms with Gasteiger partial charge in [0.15, 0.2) is 0 Å². The van der Waals surface area contributed by atoms with E-state index in [-0.39, 0.29) is 17.9 Å². The molecule has 1 aliphatic heterocycles. The highest BCUT2D eigenvalue weighted by Crippen LogP contribution is 2.25. The first-order valence-corrected chi connectivity index (χ1v) is 9.51. The van der Waals surface area contributed by atoms with E-state index in [1.54, 1.807) is 23.0 Å². The number of anilines is 1. The Balaban J connectivity index is 1.68. The van der Waals surface area contributed by atoms with Gasteiger partial charge in [-0.25, -0.2) is 9.78 Å². The molecule has 1 fully saturated rings. The van der Waals surface area contributed by atoms with Crippen molar-refractivity contribution >= 4 is 17.8 Å². The number of likely N-dealkylation sites (tertiary alicyclic amines) is 1. The summed E-state index contributed by atoms with van der Waals surface area (Å²) in [6.07, 6.45) is 1.97. The molecular formula is C22H27N3O3. The predicted molar refractivity (Wildman–Crippen MR) is 109 cm³/mol. The van der Waals surface area contributed by atoms with Crippen LogP contribution in [0, 0.1) is 5.92 Å². The van der Waals surface area contributed by atoms with Gasteiger partial charge in [0, 0.05) is 26.3 Å². The minimum absolute atomic E-state index is 0.0382. The molecule has 2 heterocycles. The Kier molecular flexibility index (Phi) is 5.68. The van der Waals surface area contributed by atoms with E-state index in [9.17, 15) is 9.59 Å². The molecule has 1 aromatic carbocycles. The molecular weight excluding hydrogens is 354 g/mol. The lowest BCUT2D eigenvalue weighted by atomic mass is 10.1. The Morgan fingerprint density at radius 1 is 1.14 bits per heavy atom. The van der Waals surface area contributed by atoms with E-state index < -0.39 is 5.60 Å². The number of carbonyl (C=O) groups is 2. The SMILES string of the molecule is CN(C(=O)[C@H]1CCN(C(=O)OC(C)(C)C)C1)c1cc(-c2ccccc2)ccn1. The number of aromatic nitrogens is 1. The lowest BCUT2D eigenvalue weighted by molar-refractivity contribution is -0.121. The van der Waals surface area contributed by atoms with Crippen LogP contribution in [0.2, 0.25) is 0 Å². The molecule has 2 amide bonds. The molecule has 1 aliphatic rings. The van der Waals surface area contributed by atoms with Crippen molar-refractivity contribution in [3.05, 3.63) is 48.7 Å². The molecule has 0 N–H and O–H groups in total. The van der Waals surface area contributed by atoms with Crippen LogP contribution in [0.25, 0.3) is 11.1 Å². The van der Waals surface area contributed by atoms with E-state index >= 15 is 0 Å². The second-order valence-corrected chi connectivity index (χ2v) is 8.08. The van der Waals surface area contributed by atoms with Crippen molar-refractivity contribution in [3.63, 3.8) is 0 Å². The maximum absolute atomic E-state index is 13.0.